The number of urea groups is 1. The fourth-order valence-electron chi connectivity index (χ4n) is 4.39. The van der Waals surface area contributed by atoms with E-state index in [9.17, 15) is 22.8 Å². The minimum atomic E-state index is -4.49. The van der Waals surface area contributed by atoms with Gasteiger partial charge in [0, 0.05) is 45.0 Å². The number of amides is 3. The normalized spacial score (nSPS) is 13.2. The number of anilines is 1. The van der Waals surface area contributed by atoms with Crippen molar-refractivity contribution in [1.82, 2.24) is 20.4 Å². The molecule has 0 bridgehead atoms. The summed E-state index contributed by atoms with van der Waals surface area (Å²) in [4.78, 5) is 28.8. The van der Waals surface area contributed by atoms with Gasteiger partial charge in [-0.1, -0.05) is 43.7 Å². The van der Waals surface area contributed by atoms with Crippen molar-refractivity contribution in [3.8, 4) is 0 Å². The summed E-state index contributed by atoms with van der Waals surface area (Å²) in [6.45, 7) is 4.33. The second-order valence-corrected chi connectivity index (χ2v) is 9.13. The molecule has 7 nitrogen and oxygen atoms in total. The maximum atomic E-state index is 13.5. The van der Waals surface area contributed by atoms with Gasteiger partial charge in [-0.3, -0.25) is 4.79 Å². The lowest BCUT2D eigenvalue weighted by molar-refractivity contribution is -0.139. The van der Waals surface area contributed by atoms with Crippen LogP contribution >= 0.6 is 0 Å². The molecule has 3 amide bonds. The first kappa shape index (κ1) is 28.3. The summed E-state index contributed by atoms with van der Waals surface area (Å²) in [5.41, 5.74) is 2.21. The van der Waals surface area contributed by atoms with Crippen molar-refractivity contribution in [3.63, 3.8) is 0 Å². The Bertz CT molecular complexity index is 1060. The molecule has 3 rings (SSSR count). The summed E-state index contributed by atoms with van der Waals surface area (Å²) in [7, 11) is 1.73. The number of carbonyl (C=O) groups is 2. The molecule has 3 N–H and O–H groups in total. The van der Waals surface area contributed by atoms with Gasteiger partial charge in [-0.05, 0) is 48.7 Å². The van der Waals surface area contributed by atoms with Gasteiger partial charge in [0.2, 0.25) is 5.91 Å². The summed E-state index contributed by atoms with van der Waals surface area (Å²) >= 11 is 0. The Morgan fingerprint density at radius 1 is 1.08 bits per heavy atom. The van der Waals surface area contributed by atoms with E-state index >= 15 is 0 Å². The molecule has 0 spiro atoms. The van der Waals surface area contributed by atoms with Gasteiger partial charge in [-0.15, -0.1) is 0 Å². The molecule has 2 aromatic carbocycles. The SMILES string of the molecule is CCCCNC(=O)N1CCc2c(cccc2NCC(=O)N(CCNC)Cc2ccccc2C(F)(F)F)C1. The smallest absolute Gasteiger partial charge is 0.376 e. The second-order valence-electron chi connectivity index (χ2n) is 9.13. The third-order valence-corrected chi connectivity index (χ3v) is 6.46. The number of nitrogens with zero attached hydrogens (tertiary/aromatic N) is 2. The number of rotatable bonds is 11. The number of halogens is 3. The van der Waals surface area contributed by atoms with Gasteiger partial charge in [0.05, 0.1) is 12.1 Å². The van der Waals surface area contributed by atoms with Gasteiger partial charge in [0.15, 0.2) is 0 Å². The van der Waals surface area contributed by atoms with Crippen LogP contribution in [0.1, 0.15) is 42.0 Å². The van der Waals surface area contributed by atoms with Crippen molar-refractivity contribution in [3.05, 3.63) is 64.7 Å². The van der Waals surface area contributed by atoms with E-state index in [0.29, 0.717) is 32.6 Å². The van der Waals surface area contributed by atoms with Crippen LogP contribution in [0.5, 0.6) is 0 Å². The number of carbonyl (C=O) groups excluding carboxylic acids is 2. The fraction of sp³-hybridized carbons (Fsp3) is 0.481. The van der Waals surface area contributed by atoms with Crippen molar-refractivity contribution in [2.75, 3.05) is 45.1 Å². The van der Waals surface area contributed by atoms with Crippen LogP contribution in [0, 0.1) is 0 Å². The van der Waals surface area contributed by atoms with Crippen LogP contribution in [0.15, 0.2) is 42.5 Å². The monoisotopic (exact) mass is 519 g/mol. The van der Waals surface area contributed by atoms with E-state index in [-0.39, 0.29) is 37.1 Å². The average Bonchev–Trinajstić information content (AvgIpc) is 2.89. The Balaban J connectivity index is 1.67. The van der Waals surface area contributed by atoms with Gasteiger partial charge < -0.3 is 25.8 Å². The van der Waals surface area contributed by atoms with E-state index in [1.807, 2.05) is 18.2 Å². The first-order chi connectivity index (χ1) is 17.7. The Morgan fingerprint density at radius 3 is 2.59 bits per heavy atom. The molecule has 0 unspecified atom stereocenters. The summed E-state index contributed by atoms with van der Waals surface area (Å²) in [6.07, 6.45) is -1.89. The van der Waals surface area contributed by atoms with Crippen molar-refractivity contribution in [2.45, 2.75) is 45.5 Å². The molecule has 0 atom stereocenters. The number of nitrogens with one attached hydrogen (secondary N) is 3. The summed E-state index contributed by atoms with van der Waals surface area (Å²) in [5.74, 6) is -0.294. The molecule has 1 heterocycles. The van der Waals surface area contributed by atoms with Crippen LogP contribution in [-0.4, -0.2) is 61.5 Å². The molecule has 0 aromatic heterocycles. The maximum absolute atomic E-state index is 13.5. The molecule has 0 radical (unpaired) electrons. The Morgan fingerprint density at radius 2 is 1.86 bits per heavy atom. The molecule has 2 aromatic rings. The molecule has 0 saturated heterocycles. The Hall–Kier alpha value is -3.27. The lowest BCUT2D eigenvalue weighted by atomic mass is 9.98. The first-order valence-electron chi connectivity index (χ1n) is 12.7. The van der Waals surface area contributed by atoms with E-state index < -0.39 is 11.7 Å². The van der Waals surface area contributed by atoms with Crippen LogP contribution in [0.3, 0.4) is 0 Å². The predicted octanol–water partition coefficient (Wildman–Crippen LogP) is 4.23. The zero-order valence-corrected chi connectivity index (χ0v) is 21.5. The molecule has 10 heteroatoms. The Labute approximate surface area is 216 Å². The molecule has 1 aliphatic heterocycles. The van der Waals surface area contributed by atoms with Gasteiger partial charge in [0.25, 0.3) is 0 Å². The highest BCUT2D eigenvalue weighted by Gasteiger charge is 2.33. The topological polar surface area (TPSA) is 76.7 Å². The van der Waals surface area contributed by atoms with E-state index in [2.05, 4.69) is 22.9 Å². The van der Waals surface area contributed by atoms with Crippen molar-refractivity contribution >= 4 is 17.6 Å². The second kappa shape index (κ2) is 13.3. The van der Waals surface area contributed by atoms with Gasteiger partial charge in [-0.2, -0.15) is 13.2 Å². The third kappa shape index (κ3) is 7.85. The van der Waals surface area contributed by atoms with Crippen molar-refractivity contribution in [2.24, 2.45) is 0 Å². The highest BCUT2D eigenvalue weighted by atomic mass is 19.4. The third-order valence-electron chi connectivity index (χ3n) is 6.46. The zero-order valence-electron chi connectivity index (χ0n) is 21.5. The molecule has 202 valence electrons. The first-order valence-corrected chi connectivity index (χ1v) is 12.7. The maximum Gasteiger partial charge on any atom is 0.416 e. The minimum Gasteiger partial charge on any atom is -0.376 e. The van der Waals surface area contributed by atoms with Crippen molar-refractivity contribution in [1.29, 1.82) is 0 Å². The lowest BCUT2D eigenvalue weighted by Crippen LogP contribution is -2.43. The van der Waals surface area contributed by atoms with E-state index in [1.54, 1.807) is 18.0 Å². The molecular weight excluding hydrogens is 483 g/mol. The van der Waals surface area contributed by atoms with E-state index in [4.69, 9.17) is 0 Å². The van der Waals surface area contributed by atoms with Crippen molar-refractivity contribution < 1.29 is 22.8 Å². The number of unbranched alkanes of at least 4 members (excludes halogenated alkanes) is 1. The number of benzene rings is 2. The lowest BCUT2D eigenvalue weighted by Gasteiger charge is -2.30. The largest absolute Gasteiger partial charge is 0.416 e. The predicted molar refractivity (Wildman–Crippen MR) is 138 cm³/mol. The molecular formula is C27H36F3N5O2. The molecule has 0 saturated carbocycles. The van der Waals surface area contributed by atoms with E-state index in [0.717, 1.165) is 35.7 Å². The van der Waals surface area contributed by atoms with Crippen LogP contribution < -0.4 is 16.0 Å². The van der Waals surface area contributed by atoms with Crippen LogP contribution in [0.25, 0.3) is 0 Å². The molecule has 0 aliphatic carbocycles. The highest BCUT2D eigenvalue weighted by Crippen LogP contribution is 2.32. The van der Waals surface area contributed by atoms with E-state index in [1.165, 1.54) is 17.0 Å². The summed E-state index contributed by atoms with van der Waals surface area (Å²) in [5, 5.41) is 9.09. The van der Waals surface area contributed by atoms with Crippen LogP contribution in [0.4, 0.5) is 23.7 Å². The molecule has 0 fully saturated rings. The van der Waals surface area contributed by atoms with Gasteiger partial charge in [0.1, 0.15) is 0 Å². The number of likely N-dealkylation sites (N-methyl/N-ethyl adjacent to an activating group) is 1. The average molecular weight is 520 g/mol. The number of hydrogen-bond acceptors (Lipinski definition) is 4. The van der Waals surface area contributed by atoms with Gasteiger partial charge >= 0.3 is 12.2 Å². The molecule has 1 aliphatic rings. The molecule has 37 heavy (non-hydrogen) atoms. The summed E-state index contributed by atoms with van der Waals surface area (Å²) in [6, 6.07) is 11.0. The standard InChI is InChI=1S/C27H36F3N5O2/c1-3-4-13-32-26(37)35-15-12-22-20(18-35)9-7-11-24(22)33-17-25(36)34(16-14-31-2)19-21-8-5-6-10-23(21)27(28,29)30/h5-11,31,33H,3-4,12-19H2,1-2H3,(H,32,37). The number of alkyl halides is 3. The quantitative estimate of drug-likeness (QED) is 0.389. The number of fused-ring (bicyclic) bond motifs is 1. The van der Waals surface area contributed by atoms with Gasteiger partial charge in [-0.25, -0.2) is 4.79 Å². The highest BCUT2D eigenvalue weighted by molar-refractivity contribution is 5.81. The Kier molecular flexibility index (Phi) is 10.2. The van der Waals surface area contributed by atoms with Crippen LogP contribution in [-0.2, 0) is 30.5 Å². The zero-order chi connectivity index (χ0) is 26.8. The fourth-order valence-corrected chi connectivity index (χ4v) is 4.39. The van der Waals surface area contributed by atoms with Crippen LogP contribution in [0.2, 0.25) is 0 Å². The minimum absolute atomic E-state index is 0.0461. The number of hydrogen-bond donors (Lipinski definition) is 3. The summed E-state index contributed by atoms with van der Waals surface area (Å²) < 4.78 is 40.4.